The zero-order valence-electron chi connectivity index (χ0n) is 6.77. The lowest BCUT2D eigenvalue weighted by Crippen LogP contribution is -2.15. The third-order valence-electron chi connectivity index (χ3n) is 1.43. The second-order valence-electron chi connectivity index (χ2n) is 2.46. The first-order valence-electron chi connectivity index (χ1n) is 3.48. The van der Waals surface area contributed by atoms with Crippen LogP contribution in [0.5, 0.6) is 0 Å². The lowest BCUT2D eigenvalue weighted by atomic mass is 10.7. The minimum Gasteiger partial charge on any atom is -0.329 e. The fourth-order valence-corrected chi connectivity index (χ4v) is 1.90. The first kappa shape index (κ1) is 9.21. The van der Waals surface area contributed by atoms with Gasteiger partial charge in [-0.2, -0.15) is 5.10 Å². The first-order valence-corrected chi connectivity index (χ1v) is 5.13. The topological polar surface area (TPSA) is 78.0 Å². The number of hydrogen-bond donors (Lipinski definition) is 1. The molecule has 12 heavy (non-hydrogen) atoms. The Hall–Kier alpha value is -0.880. The predicted octanol–water partition coefficient (Wildman–Crippen LogP) is -0.847. The first-order chi connectivity index (χ1) is 5.56. The van der Waals surface area contributed by atoms with Crippen molar-refractivity contribution < 1.29 is 8.42 Å². The van der Waals surface area contributed by atoms with Crippen molar-refractivity contribution in [1.29, 1.82) is 0 Å². The molecule has 0 aromatic carbocycles. The largest absolute Gasteiger partial charge is 0.329 e. The van der Waals surface area contributed by atoms with Crippen molar-refractivity contribution in [1.82, 2.24) is 9.78 Å². The van der Waals surface area contributed by atoms with Crippen molar-refractivity contribution in [3.8, 4) is 0 Å². The van der Waals surface area contributed by atoms with Crippen LogP contribution in [0.25, 0.3) is 0 Å². The highest BCUT2D eigenvalue weighted by atomic mass is 32.2. The normalized spacial score (nSPS) is 11.8. The highest BCUT2D eigenvalue weighted by Crippen LogP contribution is 2.07. The molecule has 0 amide bonds. The summed E-state index contributed by atoms with van der Waals surface area (Å²) in [7, 11) is -1.53. The highest BCUT2D eigenvalue weighted by Gasteiger charge is 2.14. The van der Waals surface area contributed by atoms with Gasteiger partial charge in [0.2, 0.25) is 0 Å². The maximum absolute atomic E-state index is 11.3. The van der Waals surface area contributed by atoms with Gasteiger partial charge in [-0.3, -0.25) is 4.68 Å². The predicted molar refractivity (Wildman–Crippen MR) is 44.3 cm³/mol. The number of aromatic nitrogens is 2. The van der Waals surface area contributed by atoms with Gasteiger partial charge in [-0.25, -0.2) is 8.42 Å². The fraction of sp³-hybridized carbons (Fsp3) is 0.500. The van der Waals surface area contributed by atoms with Gasteiger partial charge in [-0.15, -0.1) is 0 Å². The van der Waals surface area contributed by atoms with Gasteiger partial charge in [-0.1, -0.05) is 0 Å². The van der Waals surface area contributed by atoms with Crippen molar-refractivity contribution in [3.63, 3.8) is 0 Å². The number of hydrogen-bond acceptors (Lipinski definition) is 4. The van der Waals surface area contributed by atoms with Crippen molar-refractivity contribution in [3.05, 3.63) is 12.4 Å². The van der Waals surface area contributed by atoms with Crippen molar-refractivity contribution in [2.24, 2.45) is 12.8 Å². The number of rotatable bonds is 3. The van der Waals surface area contributed by atoms with Crippen LogP contribution in [-0.4, -0.2) is 30.5 Å². The van der Waals surface area contributed by atoms with Gasteiger partial charge in [0.05, 0.1) is 11.9 Å². The summed E-state index contributed by atoms with van der Waals surface area (Å²) in [5, 5.41) is 3.76. The summed E-state index contributed by atoms with van der Waals surface area (Å²) in [6.07, 6.45) is 2.79. The van der Waals surface area contributed by atoms with Crippen LogP contribution in [0, 0.1) is 0 Å². The summed E-state index contributed by atoms with van der Waals surface area (Å²) in [6, 6.07) is 0. The average molecular weight is 189 g/mol. The van der Waals surface area contributed by atoms with Crippen LogP contribution in [0.15, 0.2) is 17.3 Å². The quantitative estimate of drug-likeness (QED) is 0.672. The highest BCUT2D eigenvalue weighted by molar-refractivity contribution is 7.91. The summed E-state index contributed by atoms with van der Waals surface area (Å²) in [5.74, 6) is -0.0291. The van der Waals surface area contributed by atoms with Gasteiger partial charge < -0.3 is 5.73 Å². The van der Waals surface area contributed by atoms with Crippen LogP contribution in [0.1, 0.15) is 0 Å². The van der Waals surface area contributed by atoms with E-state index in [1.807, 2.05) is 0 Å². The molecule has 0 aliphatic rings. The molecule has 0 fully saturated rings. The maximum Gasteiger partial charge on any atom is 0.182 e. The van der Waals surface area contributed by atoms with Crippen molar-refractivity contribution in [2.75, 3.05) is 12.3 Å². The van der Waals surface area contributed by atoms with E-state index in [1.165, 1.54) is 17.1 Å². The Morgan fingerprint density at radius 1 is 1.67 bits per heavy atom. The zero-order valence-corrected chi connectivity index (χ0v) is 7.58. The van der Waals surface area contributed by atoms with E-state index in [9.17, 15) is 8.42 Å². The van der Waals surface area contributed by atoms with Crippen LogP contribution >= 0.6 is 0 Å². The van der Waals surface area contributed by atoms with Crippen molar-refractivity contribution in [2.45, 2.75) is 4.90 Å². The Labute approximate surface area is 71.1 Å². The summed E-state index contributed by atoms with van der Waals surface area (Å²) >= 11 is 0. The Balaban J connectivity index is 2.98. The summed E-state index contributed by atoms with van der Waals surface area (Å²) < 4.78 is 24.1. The molecule has 68 valence electrons. The molecular weight excluding hydrogens is 178 g/mol. The third-order valence-corrected chi connectivity index (χ3v) is 3.13. The molecule has 5 nitrogen and oxygen atoms in total. The molecule has 0 unspecified atom stereocenters. The molecule has 0 saturated carbocycles. The molecule has 0 aliphatic heterocycles. The Bertz CT molecular complexity index is 355. The Morgan fingerprint density at radius 3 is 2.75 bits per heavy atom. The minimum absolute atomic E-state index is 0.0291. The van der Waals surface area contributed by atoms with Crippen LogP contribution in [0.2, 0.25) is 0 Å². The van der Waals surface area contributed by atoms with E-state index in [4.69, 9.17) is 5.73 Å². The number of sulfone groups is 1. The van der Waals surface area contributed by atoms with Crippen LogP contribution in [0.3, 0.4) is 0 Å². The molecule has 2 N–H and O–H groups in total. The van der Waals surface area contributed by atoms with Gasteiger partial charge in [0.1, 0.15) is 4.90 Å². The number of nitrogens with two attached hydrogens (primary N) is 1. The minimum atomic E-state index is -3.20. The number of nitrogens with zero attached hydrogens (tertiary/aromatic N) is 2. The van der Waals surface area contributed by atoms with Crippen LogP contribution < -0.4 is 5.73 Å². The van der Waals surface area contributed by atoms with Gasteiger partial charge >= 0.3 is 0 Å². The molecule has 0 spiro atoms. The van der Waals surface area contributed by atoms with E-state index in [0.29, 0.717) is 0 Å². The summed E-state index contributed by atoms with van der Waals surface area (Å²) in [5.41, 5.74) is 5.15. The molecule has 0 radical (unpaired) electrons. The maximum atomic E-state index is 11.3. The third kappa shape index (κ3) is 1.83. The number of aryl methyl sites for hydroxylation is 1. The Kier molecular flexibility index (Phi) is 2.49. The monoisotopic (exact) mass is 189 g/mol. The molecule has 0 saturated heterocycles. The average Bonchev–Trinajstić information content (AvgIpc) is 2.36. The standard InChI is InChI=1S/C6H11N3O2S/c1-9-5-6(4-8-9)12(10,11)3-2-7/h4-5H,2-3,7H2,1H3. The van der Waals surface area contributed by atoms with Crippen LogP contribution in [0.4, 0.5) is 0 Å². The van der Waals surface area contributed by atoms with Gasteiger partial charge in [0.15, 0.2) is 9.84 Å². The molecule has 1 heterocycles. The second-order valence-corrected chi connectivity index (χ2v) is 4.57. The van der Waals surface area contributed by atoms with E-state index >= 15 is 0 Å². The van der Waals surface area contributed by atoms with E-state index in [-0.39, 0.29) is 17.2 Å². The molecule has 6 heteroatoms. The molecular formula is C6H11N3O2S. The fourth-order valence-electron chi connectivity index (χ4n) is 0.832. The lowest BCUT2D eigenvalue weighted by Gasteiger charge is -1.96. The molecule has 1 aromatic heterocycles. The molecule has 0 aliphatic carbocycles. The van der Waals surface area contributed by atoms with Crippen LogP contribution in [-0.2, 0) is 16.9 Å². The molecule has 1 rings (SSSR count). The SMILES string of the molecule is Cn1cc(S(=O)(=O)CCN)cn1. The second kappa shape index (κ2) is 3.24. The van der Waals surface area contributed by atoms with E-state index in [0.717, 1.165) is 0 Å². The van der Waals surface area contributed by atoms with E-state index in [1.54, 1.807) is 7.05 Å². The molecule has 0 bridgehead atoms. The Morgan fingerprint density at radius 2 is 2.33 bits per heavy atom. The summed E-state index contributed by atoms with van der Waals surface area (Å²) in [6.45, 7) is 0.136. The van der Waals surface area contributed by atoms with E-state index in [2.05, 4.69) is 5.10 Å². The van der Waals surface area contributed by atoms with Gasteiger partial charge in [0, 0.05) is 19.8 Å². The van der Waals surface area contributed by atoms with Gasteiger partial charge in [0.25, 0.3) is 0 Å². The molecule has 1 aromatic rings. The zero-order chi connectivity index (χ0) is 9.19. The summed E-state index contributed by atoms with van der Waals surface area (Å²) in [4.78, 5) is 0.232. The lowest BCUT2D eigenvalue weighted by molar-refractivity contribution is 0.595. The van der Waals surface area contributed by atoms with Gasteiger partial charge in [-0.05, 0) is 0 Å². The molecule has 0 atom stereocenters. The smallest absolute Gasteiger partial charge is 0.182 e. The van der Waals surface area contributed by atoms with E-state index < -0.39 is 9.84 Å². The van der Waals surface area contributed by atoms with Crippen molar-refractivity contribution >= 4 is 9.84 Å².